The highest BCUT2D eigenvalue weighted by molar-refractivity contribution is 7.98. The molecule has 0 spiro atoms. The van der Waals surface area contributed by atoms with E-state index in [9.17, 15) is 9.59 Å². The number of esters is 1. The predicted molar refractivity (Wildman–Crippen MR) is 68.3 cm³/mol. The number of H-pyrrole nitrogens is 1. The topological polar surface area (TPSA) is 76.5 Å². The molecule has 0 atom stereocenters. The number of methoxy groups -OCH3 is 1. The third-order valence-corrected chi connectivity index (χ3v) is 3.22. The van der Waals surface area contributed by atoms with Crippen molar-refractivity contribution in [2.45, 2.75) is 18.5 Å². The highest BCUT2D eigenvalue weighted by Crippen LogP contribution is 2.16. The fraction of sp³-hybridized carbons (Fsp3) is 0.364. The van der Waals surface area contributed by atoms with Crippen LogP contribution in [0.1, 0.15) is 23.0 Å². The van der Waals surface area contributed by atoms with Gasteiger partial charge >= 0.3 is 5.97 Å². The molecule has 0 bridgehead atoms. The van der Waals surface area contributed by atoms with Gasteiger partial charge < -0.3 is 4.74 Å². The van der Waals surface area contributed by atoms with Gasteiger partial charge in [0.05, 0.1) is 18.4 Å². The van der Waals surface area contributed by atoms with Crippen molar-refractivity contribution in [3.63, 3.8) is 0 Å². The molecular formula is C11H13N3O3S. The Balaban J connectivity index is 2.81. The molecule has 0 aliphatic rings. The molecule has 1 N–H and O–H groups in total. The minimum Gasteiger partial charge on any atom is -0.465 e. The number of fused-ring (bicyclic) bond motifs is 1. The third kappa shape index (κ3) is 1.90. The smallest absolute Gasteiger partial charge is 0.339 e. The van der Waals surface area contributed by atoms with Crippen molar-refractivity contribution in [1.82, 2.24) is 14.6 Å². The van der Waals surface area contributed by atoms with Gasteiger partial charge in [-0.1, -0.05) is 18.7 Å². The fourth-order valence-corrected chi connectivity index (χ4v) is 2.17. The summed E-state index contributed by atoms with van der Waals surface area (Å²) in [5.74, 6) is -0.456. The predicted octanol–water partition coefficient (Wildman–Crippen LogP) is 1.09. The minimum atomic E-state index is -0.456. The summed E-state index contributed by atoms with van der Waals surface area (Å²) in [6.07, 6.45) is 2.41. The average molecular weight is 267 g/mol. The van der Waals surface area contributed by atoms with Crippen LogP contribution < -0.4 is 5.56 Å². The summed E-state index contributed by atoms with van der Waals surface area (Å²) in [5.41, 5.74) is 1.15. The first kappa shape index (κ1) is 12.7. The van der Waals surface area contributed by atoms with Gasteiger partial charge in [0.15, 0.2) is 5.16 Å². The summed E-state index contributed by atoms with van der Waals surface area (Å²) in [5, 5.41) is 4.79. The quantitative estimate of drug-likeness (QED) is 0.665. The number of nitrogens with one attached hydrogen (secondary N) is 1. The molecule has 6 nitrogen and oxygen atoms in total. The van der Waals surface area contributed by atoms with E-state index in [0.29, 0.717) is 28.4 Å². The van der Waals surface area contributed by atoms with Gasteiger partial charge in [0.2, 0.25) is 0 Å². The molecule has 2 heterocycles. The summed E-state index contributed by atoms with van der Waals surface area (Å²) in [6.45, 7) is 1.90. The Bertz CT molecular complexity index is 659. The number of carbonyl (C=O) groups excluding carboxylic acids is 1. The van der Waals surface area contributed by atoms with E-state index in [2.05, 4.69) is 10.1 Å². The monoisotopic (exact) mass is 267 g/mol. The van der Waals surface area contributed by atoms with Crippen LogP contribution in [0.15, 0.2) is 16.0 Å². The molecular weight excluding hydrogens is 254 g/mol. The molecule has 0 aromatic carbocycles. The normalized spacial score (nSPS) is 10.8. The van der Waals surface area contributed by atoms with Crippen molar-refractivity contribution < 1.29 is 9.53 Å². The van der Waals surface area contributed by atoms with Gasteiger partial charge in [0.25, 0.3) is 5.56 Å². The summed E-state index contributed by atoms with van der Waals surface area (Å²) >= 11 is 1.34. The number of hydrogen-bond acceptors (Lipinski definition) is 5. The molecule has 7 heteroatoms. The lowest BCUT2D eigenvalue weighted by molar-refractivity contribution is 0.0599. The summed E-state index contributed by atoms with van der Waals surface area (Å²) in [6, 6.07) is 1.51. The van der Waals surface area contributed by atoms with E-state index < -0.39 is 5.97 Å². The van der Waals surface area contributed by atoms with Crippen LogP contribution in [0.25, 0.3) is 5.52 Å². The maximum atomic E-state index is 11.9. The number of nitrogens with zero attached hydrogens (tertiary/aromatic N) is 2. The first-order chi connectivity index (χ1) is 8.62. The Labute approximate surface area is 107 Å². The first-order valence-corrected chi connectivity index (χ1v) is 6.62. The summed E-state index contributed by atoms with van der Waals surface area (Å²) < 4.78 is 6.22. The molecule has 2 aromatic heterocycles. The zero-order valence-corrected chi connectivity index (χ0v) is 11.1. The van der Waals surface area contributed by atoms with Gasteiger partial charge in [-0.3, -0.25) is 9.78 Å². The molecule has 0 aliphatic carbocycles. The maximum absolute atomic E-state index is 11.9. The Morgan fingerprint density at radius 2 is 2.33 bits per heavy atom. The van der Waals surface area contributed by atoms with Crippen LogP contribution >= 0.6 is 11.8 Å². The molecule has 0 amide bonds. The van der Waals surface area contributed by atoms with Gasteiger partial charge in [-0.15, -0.1) is 5.10 Å². The molecule has 96 valence electrons. The van der Waals surface area contributed by atoms with E-state index in [1.165, 1.54) is 29.5 Å². The van der Waals surface area contributed by atoms with E-state index in [4.69, 9.17) is 4.74 Å². The zero-order chi connectivity index (χ0) is 13.3. The number of aryl methyl sites for hydroxylation is 1. The Morgan fingerprint density at radius 3 is 2.89 bits per heavy atom. The van der Waals surface area contributed by atoms with E-state index in [0.717, 1.165) is 0 Å². The van der Waals surface area contributed by atoms with Crippen molar-refractivity contribution in [3.05, 3.63) is 27.7 Å². The number of carbonyl (C=O) groups is 1. The van der Waals surface area contributed by atoms with Crippen LogP contribution in [0.4, 0.5) is 0 Å². The second-order valence-corrected chi connectivity index (χ2v) is 4.41. The third-order valence-electron chi connectivity index (χ3n) is 2.65. The molecule has 0 radical (unpaired) electrons. The molecule has 0 aliphatic heterocycles. The van der Waals surface area contributed by atoms with Gasteiger partial charge in [-0.25, -0.2) is 9.31 Å². The SMILES string of the molecule is CCc1c(C(=O)OC)cc2c(=O)[nH]c(SC)nn12. The van der Waals surface area contributed by atoms with Crippen LogP contribution in [0.3, 0.4) is 0 Å². The molecule has 0 fully saturated rings. The molecule has 2 aromatic rings. The number of hydrogen-bond donors (Lipinski definition) is 1. The summed E-state index contributed by atoms with van der Waals surface area (Å²) in [7, 11) is 1.31. The lowest BCUT2D eigenvalue weighted by atomic mass is 10.2. The van der Waals surface area contributed by atoms with E-state index in [1.54, 1.807) is 0 Å². The molecule has 18 heavy (non-hydrogen) atoms. The van der Waals surface area contributed by atoms with Gasteiger partial charge in [0.1, 0.15) is 5.52 Å². The molecule has 0 saturated carbocycles. The van der Waals surface area contributed by atoms with Crippen LogP contribution in [-0.4, -0.2) is 33.9 Å². The van der Waals surface area contributed by atoms with E-state index in [-0.39, 0.29) is 5.56 Å². The van der Waals surface area contributed by atoms with Crippen LogP contribution in [0.2, 0.25) is 0 Å². The highest BCUT2D eigenvalue weighted by atomic mass is 32.2. The summed E-state index contributed by atoms with van der Waals surface area (Å²) in [4.78, 5) is 26.2. The second-order valence-electron chi connectivity index (χ2n) is 3.61. The Morgan fingerprint density at radius 1 is 1.61 bits per heavy atom. The van der Waals surface area contributed by atoms with Crippen molar-refractivity contribution in [1.29, 1.82) is 0 Å². The first-order valence-electron chi connectivity index (χ1n) is 5.39. The van der Waals surface area contributed by atoms with Crippen molar-refractivity contribution in [2.75, 3.05) is 13.4 Å². The van der Waals surface area contributed by atoms with Gasteiger partial charge in [-0.2, -0.15) is 0 Å². The average Bonchev–Trinajstić information content (AvgIpc) is 2.76. The number of aromatic amines is 1. The number of rotatable bonds is 3. The lowest BCUT2D eigenvalue weighted by Gasteiger charge is -2.02. The van der Waals surface area contributed by atoms with E-state index in [1.807, 2.05) is 13.2 Å². The van der Waals surface area contributed by atoms with Crippen molar-refractivity contribution in [3.8, 4) is 0 Å². The second kappa shape index (κ2) is 4.85. The zero-order valence-electron chi connectivity index (χ0n) is 10.3. The Kier molecular flexibility index (Phi) is 3.42. The van der Waals surface area contributed by atoms with Gasteiger partial charge in [0, 0.05) is 0 Å². The van der Waals surface area contributed by atoms with Crippen molar-refractivity contribution in [2.24, 2.45) is 0 Å². The standard InChI is InChI=1S/C11H13N3O3S/c1-4-7-6(10(16)17-2)5-8-9(15)12-11(18-3)13-14(7)8/h5H,4H2,1-3H3,(H,12,13,15). The van der Waals surface area contributed by atoms with E-state index >= 15 is 0 Å². The minimum absolute atomic E-state index is 0.265. The van der Waals surface area contributed by atoms with Crippen LogP contribution in [0.5, 0.6) is 0 Å². The maximum Gasteiger partial charge on any atom is 0.339 e. The number of thioether (sulfide) groups is 1. The highest BCUT2D eigenvalue weighted by Gasteiger charge is 2.19. The fourth-order valence-electron chi connectivity index (χ4n) is 1.81. The molecule has 0 unspecified atom stereocenters. The van der Waals surface area contributed by atoms with Gasteiger partial charge in [-0.05, 0) is 18.7 Å². The lowest BCUT2D eigenvalue weighted by Crippen LogP contribution is -2.14. The number of aromatic nitrogens is 3. The largest absolute Gasteiger partial charge is 0.465 e. The van der Waals surface area contributed by atoms with Crippen LogP contribution in [-0.2, 0) is 11.2 Å². The van der Waals surface area contributed by atoms with Crippen molar-refractivity contribution >= 4 is 23.2 Å². The molecule has 0 saturated heterocycles. The van der Waals surface area contributed by atoms with Crippen LogP contribution in [0, 0.1) is 0 Å². The Hall–Kier alpha value is -1.76. The molecule has 2 rings (SSSR count). The number of ether oxygens (including phenoxy) is 1.